The number of hydrogen-bond donors (Lipinski definition) is 1. The van der Waals surface area contributed by atoms with Crippen LogP contribution in [0.15, 0.2) is 41.5 Å². The molecule has 1 N–H and O–H groups in total. The number of nitrogens with zero attached hydrogens (tertiary/aromatic N) is 2. The highest BCUT2D eigenvalue weighted by atomic mass is 35.5. The van der Waals surface area contributed by atoms with Crippen LogP contribution in [0.5, 0.6) is 0 Å². The number of hydrogen-bond acceptors (Lipinski definition) is 3. The molecule has 0 aliphatic heterocycles. The largest absolute Gasteiger partial charge is 0.405 e. The number of carbonyl (C=O) groups is 2. The Kier molecular flexibility index (Phi) is 9.72. The van der Waals surface area contributed by atoms with Crippen molar-refractivity contribution >= 4 is 47.8 Å². The molecule has 2 aromatic carbocycles. The van der Waals surface area contributed by atoms with Gasteiger partial charge in [-0.3, -0.25) is 9.59 Å². The van der Waals surface area contributed by atoms with Crippen molar-refractivity contribution in [3.63, 3.8) is 0 Å². The molecule has 0 bridgehead atoms. The molecule has 1 atom stereocenters. The van der Waals surface area contributed by atoms with Crippen LogP contribution >= 0.6 is 23.2 Å². The van der Waals surface area contributed by atoms with Gasteiger partial charge >= 0.3 is 12.4 Å². The Balaban J connectivity index is 2.25. The molecular weight excluding hydrogens is 554 g/mol. The monoisotopic (exact) mass is 571 g/mol. The van der Waals surface area contributed by atoms with Gasteiger partial charge < -0.3 is 5.32 Å². The van der Waals surface area contributed by atoms with Gasteiger partial charge in [0.25, 0.3) is 5.91 Å². The van der Waals surface area contributed by atoms with Crippen molar-refractivity contribution in [3.8, 4) is 0 Å². The van der Waals surface area contributed by atoms with E-state index in [1.54, 1.807) is 5.32 Å². The topological polar surface area (TPSA) is 61.8 Å². The van der Waals surface area contributed by atoms with E-state index >= 15 is 0 Å². The lowest BCUT2D eigenvalue weighted by Crippen LogP contribution is -2.41. The molecule has 37 heavy (non-hydrogen) atoms. The van der Waals surface area contributed by atoms with E-state index in [4.69, 9.17) is 23.2 Å². The van der Waals surface area contributed by atoms with Crippen LogP contribution in [-0.2, 0) is 4.79 Å². The normalized spacial score (nSPS) is 12.9. The van der Waals surface area contributed by atoms with Crippen LogP contribution in [0.1, 0.15) is 33.0 Å². The second-order valence-electron chi connectivity index (χ2n) is 7.65. The van der Waals surface area contributed by atoms with Crippen molar-refractivity contribution in [2.45, 2.75) is 25.2 Å². The van der Waals surface area contributed by atoms with E-state index in [9.17, 15) is 40.3 Å². The smallest absolute Gasteiger partial charge is 0.345 e. The molecule has 0 fully saturated rings. The highest BCUT2D eigenvalue weighted by molar-refractivity contribution is 6.35. The van der Waals surface area contributed by atoms with Gasteiger partial charge in [0, 0.05) is 12.3 Å². The molecule has 2 amide bonds. The fraction of sp³-hybridized carbons (Fsp3) is 0.261. The third-order valence-electron chi connectivity index (χ3n) is 4.86. The van der Waals surface area contributed by atoms with Crippen LogP contribution in [0.4, 0.5) is 30.7 Å². The Morgan fingerprint density at radius 2 is 1.70 bits per heavy atom. The maximum Gasteiger partial charge on any atom is 0.405 e. The Morgan fingerprint density at radius 1 is 1.11 bits per heavy atom. The van der Waals surface area contributed by atoms with Crippen LogP contribution in [0.25, 0.3) is 6.08 Å². The highest BCUT2D eigenvalue weighted by Crippen LogP contribution is 2.39. The molecule has 2 rings (SSSR count). The quantitative estimate of drug-likeness (QED) is 0.169. The lowest BCUT2D eigenvalue weighted by molar-refractivity contribution is -0.139. The molecule has 0 radical (unpaired) electrons. The van der Waals surface area contributed by atoms with Crippen LogP contribution in [0, 0.1) is 12.7 Å². The predicted octanol–water partition coefficient (Wildman–Crippen LogP) is 6.54. The first-order valence-corrected chi connectivity index (χ1v) is 10.9. The van der Waals surface area contributed by atoms with Gasteiger partial charge in [0.05, 0.1) is 16.0 Å². The summed E-state index contributed by atoms with van der Waals surface area (Å²) in [7, 11) is 0. The number of halogens is 9. The first-order valence-electron chi connectivity index (χ1n) is 10.2. The van der Waals surface area contributed by atoms with Gasteiger partial charge in [-0.15, -0.1) is 0 Å². The molecule has 0 aromatic heterocycles. The molecule has 0 spiro atoms. The number of carbonyl (C=O) groups excluding carboxylic acids is 2. The molecule has 5 nitrogen and oxygen atoms in total. The summed E-state index contributed by atoms with van der Waals surface area (Å²) in [6.07, 6.45) is -7.49. The molecule has 0 saturated heterocycles. The van der Waals surface area contributed by atoms with Gasteiger partial charge in [-0.1, -0.05) is 47.5 Å². The molecular formula is C23H18Cl2F7N3O2. The van der Waals surface area contributed by atoms with Gasteiger partial charge in [0.2, 0.25) is 5.91 Å². The van der Waals surface area contributed by atoms with E-state index in [0.29, 0.717) is 5.01 Å². The number of rotatable bonds is 8. The van der Waals surface area contributed by atoms with Crippen molar-refractivity contribution in [2.75, 3.05) is 13.1 Å². The van der Waals surface area contributed by atoms with Crippen LogP contribution in [-0.4, -0.2) is 49.0 Å². The number of aryl methyl sites for hydroxylation is 1. The summed E-state index contributed by atoms with van der Waals surface area (Å²) in [4.78, 5) is 24.4. The van der Waals surface area contributed by atoms with Gasteiger partial charge in [-0.05, 0) is 41.8 Å². The van der Waals surface area contributed by atoms with Gasteiger partial charge in [0.15, 0.2) is 5.82 Å². The third kappa shape index (κ3) is 8.46. The molecule has 14 heteroatoms. The zero-order valence-electron chi connectivity index (χ0n) is 18.9. The van der Waals surface area contributed by atoms with Crippen molar-refractivity contribution in [2.24, 2.45) is 5.10 Å². The van der Waals surface area contributed by atoms with E-state index in [2.05, 4.69) is 11.8 Å². The van der Waals surface area contributed by atoms with E-state index in [1.807, 2.05) is 0 Å². The van der Waals surface area contributed by atoms with Crippen LogP contribution < -0.4 is 5.32 Å². The zero-order chi connectivity index (χ0) is 28.1. The van der Waals surface area contributed by atoms with Gasteiger partial charge in [-0.2, -0.15) is 31.4 Å². The third-order valence-corrected chi connectivity index (χ3v) is 5.41. The maximum atomic E-state index is 13.7. The Labute approximate surface area is 216 Å². The standard InChI is InChI=1S/C23H18Cl2F7N3O2/c1-12-7-13(4-6-16(23(30,31)32)14-8-17(24)20(26)18(25)9-14)3-5-15(12)21(37)35(33-2)10-19(36)34-11-22(27,28)29/h3-9,16H,2,10-11H2,1H3,(H,34,36)/b6-4+. The second-order valence-corrected chi connectivity index (χ2v) is 8.46. The molecule has 2 aromatic rings. The highest BCUT2D eigenvalue weighted by Gasteiger charge is 2.39. The Bertz CT molecular complexity index is 1190. The lowest BCUT2D eigenvalue weighted by atomic mass is 9.96. The van der Waals surface area contributed by atoms with E-state index in [0.717, 1.165) is 24.3 Å². The first kappa shape index (κ1) is 30.1. The number of nitrogens with one attached hydrogen (secondary N) is 1. The minimum atomic E-state index is -4.77. The fourth-order valence-electron chi connectivity index (χ4n) is 3.12. The van der Waals surface area contributed by atoms with E-state index in [-0.39, 0.29) is 22.3 Å². The average molecular weight is 572 g/mol. The van der Waals surface area contributed by atoms with Gasteiger partial charge in [0.1, 0.15) is 13.1 Å². The lowest BCUT2D eigenvalue weighted by Gasteiger charge is -2.19. The van der Waals surface area contributed by atoms with Crippen molar-refractivity contribution in [1.29, 1.82) is 0 Å². The summed E-state index contributed by atoms with van der Waals surface area (Å²) in [6.45, 7) is 2.15. The summed E-state index contributed by atoms with van der Waals surface area (Å²) in [5.41, 5.74) is 0.120. The summed E-state index contributed by atoms with van der Waals surface area (Å²) < 4.78 is 91.4. The molecule has 0 saturated carbocycles. The summed E-state index contributed by atoms with van der Waals surface area (Å²) in [5, 5.41) is 4.35. The van der Waals surface area contributed by atoms with Crippen LogP contribution in [0.2, 0.25) is 10.0 Å². The minimum Gasteiger partial charge on any atom is -0.345 e. The number of alkyl halides is 6. The minimum absolute atomic E-state index is 0.0161. The predicted molar refractivity (Wildman–Crippen MR) is 125 cm³/mol. The number of allylic oxidation sites excluding steroid dienone is 1. The SMILES string of the molecule is C=NN(CC(=O)NCC(F)(F)F)C(=O)c1ccc(/C=C/C(c2cc(Cl)c(F)c(Cl)c2)C(F)(F)F)cc1C. The van der Waals surface area contributed by atoms with Gasteiger partial charge in [-0.25, -0.2) is 9.40 Å². The van der Waals surface area contributed by atoms with E-state index < -0.39 is 59.0 Å². The zero-order valence-corrected chi connectivity index (χ0v) is 20.4. The Morgan fingerprint density at radius 3 is 2.19 bits per heavy atom. The Hall–Kier alpha value is -3.12. The van der Waals surface area contributed by atoms with Crippen molar-refractivity contribution in [3.05, 3.63) is 74.5 Å². The fourth-order valence-corrected chi connectivity index (χ4v) is 3.62. The first-order chi connectivity index (χ1) is 17.0. The second kappa shape index (κ2) is 12.0. The molecule has 0 heterocycles. The van der Waals surface area contributed by atoms with Crippen molar-refractivity contribution in [1.82, 2.24) is 10.3 Å². The molecule has 1 unspecified atom stereocenters. The summed E-state index contributed by atoms with van der Waals surface area (Å²) >= 11 is 11.3. The molecule has 200 valence electrons. The number of benzene rings is 2. The van der Waals surface area contributed by atoms with Crippen molar-refractivity contribution < 1.29 is 40.3 Å². The van der Waals surface area contributed by atoms with Crippen LogP contribution in [0.3, 0.4) is 0 Å². The molecule has 0 aliphatic carbocycles. The number of amides is 2. The summed E-state index contributed by atoms with van der Waals surface area (Å²) in [5.74, 6) is -5.22. The average Bonchev–Trinajstić information content (AvgIpc) is 2.78. The molecule has 0 aliphatic rings. The summed E-state index contributed by atoms with van der Waals surface area (Å²) in [6, 6.07) is 5.56. The number of hydrazone groups is 1. The maximum absolute atomic E-state index is 13.7. The van der Waals surface area contributed by atoms with E-state index in [1.165, 1.54) is 25.1 Å².